The first-order valence-electron chi connectivity index (χ1n) is 38.5. The van der Waals surface area contributed by atoms with E-state index in [0.717, 1.165) is 44.9 Å². The molecular weight excluding hydrogens is 1360 g/mol. The van der Waals surface area contributed by atoms with Crippen LogP contribution in [0.2, 0.25) is 0 Å². The van der Waals surface area contributed by atoms with Crippen molar-refractivity contribution in [1.82, 2.24) is 60.0 Å². The third kappa shape index (κ3) is 20.5. The molecule has 2 bridgehead atoms. The predicted octanol–water partition coefficient (Wildman–Crippen LogP) is 6.09. The van der Waals surface area contributed by atoms with Crippen LogP contribution in [0.3, 0.4) is 0 Å². The van der Waals surface area contributed by atoms with Gasteiger partial charge in [0, 0.05) is 86.9 Å². The minimum atomic E-state index is -1.56. The van der Waals surface area contributed by atoms with Crippen molar-refractivity contribution in [3.05, 3.63) is 12.2 Å². The molecule has 13 atom stereocenters. The highest BCUT2D eigenvalue weighted by molar-refractivity contribution is 6.30. The van der Waals surface area contributed by atoms with Crippen LogP contribution in [0.25, 0.3) is 0 Å². The summed E-state index contributed by atoms with van der Waals surface area (Å²) in [5.74, 6) is -6.70. The molecule has 3 aliphatic heterocycles. The fraction of sp³-hybridized carbons (Fsp3) is 0.816. The molecule has 3 heterocycles. The molecule has 5 saturated carbocycles. The van der Waals surface area contributed by atoms with Gasteiger partial charge >= 0.3 is 0 Å². The maximum atomic E-state index is 15.7. The normalized spacial score (nSPS) is 32.8. The number of carbonyl (C=O) groups is 12. The van der Waals surface area contributed by atoms with Crippen molar-refractivity contribution >= 4 is 94.1 Å². The number of nitrogens with one attached hydrogen (secondary N) is 3. The molecule has 8 rings (SSSR count). The fourth-order valence-electron chi connectivity index (χ4n) is 17.0. The molecular formula is C76H122Cl2N12O13. The molecule has 103 heavy (non-hydrogen) atoms. The number of rotatable bonds is 15. The minimum Gasteiger partial charge on any atom is -0.377 e. The molecule has 1 spiro atoms. The van der Waals surface area contributed by atoms with Crippen molar-refractivity contribution in [3.8, 4) is 0 Å². The molecule has 2 saturated heterocycles. The van der Waals surface area contributed by atoms with E-state index in [9.17, 15) is 24.0 Å². The minimum absolute atomic E-state index is 0.0249. The van der Waals surface area contributed by atoms with Gasteiger partial charge in [-0.3, -0.25) is 57.5 Å². The Hall–Kier alpha value is -6.08. The summed E-state index contributed by atoms with van der Waals surface area (Å²) in [5, 5.41) is 8.60. The van der Waals surface area contributed by atoms with E-state index >= 15 is 33.6 Å². The molecule has 0 aromatic rings. The molecule has 7 fully saturated rings. The van der Waals surface area contributed by atoms with Crippen LogP contribution in [-0.4, -0.2) is 274 Å². The van der Waals surface area contributed by atoms with Gasteiger partial charge in [0.15, 0.2) is 0 Å². The van der Waals surface area contributed by atoms with Crippen LogP contribution in [0.15, 0.2) is 12.2 Å². The number of alkyl halides is 2. The number of hydrogen-bond donors (Lipinski definition) is 3. The standard InChI is InChI=1S/C76H122Cl2N12O13/c1-15-21-56-66(94)80-65(47(5)16-2)73(101)89(51-31-32-51)43-64(93)85(12)57-22-19-18-20-35-88(72(57)100)61(38-49-25-23-46(4)24-26-49)70(98)83(10)42-62(91)79-55(34-30-48-29-33-53(77)54(78)36-48)68(96)90-41-52(103-17-3)39-58(90)67(95)81-76(44-75(6,7)45-76)74(102)87(14)59(37-50-27-28-50)71(99)86(13)60(69(97)82(8)9)40-63(92)84(56)11/h18-19,46-61,65H,15-17,20-45H2,1-14H3,(H,79,91)(H,80,94)(H,81,95)/b19-18-/t46?,47-,48?,49?,52+,53?,54?,55-,56-,57-,58-,59-,60-,61-,65-/m0/s1. The van der Waals surface area contributed by atoms with Gasteiger partial charge in [-0.1, -0.05) is 105 Å². The second kappa shape index (κ2) is 36.0. The molecule has 0 aromatic heterocycles. The molecule has 3 N–H and O–H groups in total. The molecule has 27 heteroatoms. The highest BCUT2D eigenvalue weighted by Gasteiger charge is 2.59. The van der Waals surface area contributed by atoms with Crippen LogP contribution in [-0.2, 0) is 62.3 Å². The van der Waals surface area contributed by atoms with E-state index < -0.39 is 162 Å². The summed E-state index contributed by atoms with van der Waals surface area (Å²) >= 11 is 13.4. The van der Waals surface area contributed by atoms with Crippen molar-refractivity contribution in [3.63, 3.8) is 0 Å². The Balaban J connectivity index is 1.20. The third-order valence-electron chi connectivity index (χ3n) is 23.8. The number of nitrogens with zero attached hydrogens (tertiary/aromatic N) is 9. The molecule has 12 amide bonds. The zero-order valence-electron chi connectivity index (χ0n) is 64.1. The van der Waals surface area contributed by atoms with Crippen molar-refractivity contribution in [2.24, 2.45) is 35.0 Å². The Morgan fingerprint density at radius 3 is 1.86 bits per heavy atom. The van der Waals surface area contributed by atoms with Crippen LogP contribution in [0.4, 0.5) is 0 Å². The summed E-state index contributed by atoms with van der Waals surface area (Å²) in [7, 11) is 10.4. The van der Waals surface area contributed by atoms with Gasteiger partial charge in [0.05, 0.1) is 24.4 Å². The highest BCUT2D eigenvalue weighted by atomic mass is 35.5. The Labute approximate surface area is 622 Å². The van der Waals surface area contributed by atoms with E-state index in [1.54, 1.807) is 4.90 Å². The number of ether oxygens (including phenoxy) is 1. The average Bonchev–Trinajstić information content (AvgIpc) is 1.69. The molecule has 8 aliphatic rings. The van der Waals surface area contributed by atoms with Gasteiger partial charge in [-0.25, -0.2) is 0 Å². The molecule has 3 unspecified atom stereocenters. The number of halogens is 2. The lowest BCUT2D eigenvalue weighted by atomic mass is 9.58. The van der Waals surface area contributed by atoms with Gasteiger partial charge < -0.3 is 64.8 Å². The van der Waals surface area contributed by atoms with Gasteiger partial charge in [0.2, 0.25) is 70.9 Å². The van der Waals surface area contributed by atoms with E-state index in [4.69, 9.17) is 27.9 Å². The topological polar surface area (TPSA) is 279 Å². The van der Waals surface area contributed by atoms with Crippen molar-refractivity contribution in [1.29, 1.82) is 0 Å². The van der Waals surface area contributed by atoms with Gasteiger partial charge in [0.1, 0.15) is 60.4 Å². The summed E-state index contributed by atoms with van der Waals surface area (Å²) in [6.45, 7) is 13.0. The first-order valence-corrected chi connectivity index (χ1v) is 39.4. The third-order valence-corrected chi connectivity index (χ3v) is 24.9. The Bertz CT molecular complexity index is 3090. The molecule has 25 nitrogen and oxygen atoms in total. The van der Waals surface area contributed by atoms with Crippen LogP contribution < -0.4 is 16.0 Å². The molecule has 0 radical (unpaired) electrons. The second-order valence-corrected chi connectivity index (χ2v) is 33.9. The number of amides is 12. The fourth-order valence-corrected chi connectivity index (χ4v) is 17.6. The van der Waals surface area contributed by atoms with Gasteiger partial charge in [-0.05, 0) is 132 Å². The highest BCUT2D eigenvalue weighted by Crippen LogP contribution is 2.50. The van der Waals surface area contributed by atoms with Crippen molar-refractivity contribution in [2.45, 2.75) is 279 Å². The molecule has 578 valence electrons. The SMILES string of the molecule is CCC[C@H]1C(=O)N[C@@H]([C@@H](C)CC)C(=O)N(C2CC2)CC(=O)N(C)[C@H]2C/C=C\CCN(C2=O)[C@@H](CC2CCC(C)CC2)C(=O)N(C)CC(=O)N[C@@H](CCC2CCC(Cl)C(Cl)C2)C(=O)N2C[C@H](OCC)C[C@H]2C(=O)NC2(CC(C)(C)C2)C(=O)N(C)[C@@H](CC2CC2)C(=O)N(C)[C@H](C(=O)N(C)C)CC(=O)N1C. The Morgan fingerprint density at radius 2 is 1.27 bits per heavy atom. The average molecular weight is 1480 g/mol. The van der Waals surface area contributed by atoms with Crippen LogP contribution >= 0.6 is 23.2 Å². The van der Waals surface area contributed by atoms with E-state index in [-0.39, 0.29) is 99.2 Å². The monoisotopic (exact) mass is 1480 g/mol. The summed E-state index contributed by atoms with van der Waals surface area (Å²) in [4.78, 5) is 195. The lowest BCUT2D eigenvalue weighted by Crippen LogP contribution is -2.71. The van der Waals surface area contributed by atoms with Crippen molar-refractivity contribution < 1.29 is 62.3 Å². The van der Waals surface area contributed by atoms with E-state index in [0.29, 0.717) is 63.7 Å². The van der Waals surface area contributed by atoms with Crippen molar-refractivity contribution in [2.75, 3.05) is 82.1 Å². The summed E-state index contributed by atoms with van der Waals surface area (Å²) in [5.41, 5.74) is -2.03. The van der Waals surface area contributed by atoms with Crippen LogP contribution in [0, 0.1) is 35.0 Å². The summed E-state index contributed by atoms with van der Waals surface area (Å²) in [6, 6.07) is -9.77. The Kier molecular flexibility index (Phi) is 28.9. The van der Waals surface area contributed by atoms with E-state index in [1.165, 1.54) is 88.5 Å². The smallest absolute Gasteiger partial charge is 0.248 e. The first kappa shape index (κ1) is 82.6. The number of carbonyl (C=O) groups excluding carboxylic acids is 12. The number of fused-ring (bicyclic) bond motifs is 3. The van der Waals surface area contributed by atoms with Gasteiger partial charge in [-0.2, -0.15) is 0 Å². The summed E-state index contributed by atoms with van der Waals surface area (Å²) in [6.07, 6.45) is 13.9. The zero-order valence-corrected chi connectivity index (χ0v) is 65.6. The van der Waals surface area contributed by atoms with Gasteiger partial charge in [0.25, 0.3) is 0 Å². The van der Waals surface area contributed by atoms with Gasteiger partial charge in [-0.15, -0.1) is 23.2 Å². The number of hydrogen-bond acceptors (Lipinski definition) is 13. The first-order chi connectivity index (χ1) is 48.6. The molecule has 5 aliphatic carbocycles. The lowest BCUT2D eigenvalue weighted by Gasteiger charge is -2.54. The van der Waals surface area contributed by atoms with Crippen LogP contribution in [0.5, 0.6) is 0 Å². The predicted molar refractivity (Wildman–Crippen MR) is 392 cm³/mol. The van der Waals surface area contributed by atoms with E-state index in [2.05, 4.69) is 22.9 Å². The Morgan fingerprint density at radius 1 is 0.631 bits per heavy atom. The summed E-state index contributed by atoms with van der Waals surface area (Å²) < 4.78 is 6.17. The largest absolute Gasteiger partial charge is 0.377 e. The quantitative estimate of drug-likeness (QED) is 0.124. The molecule has 0 aromatic carbocycles. The zero-order chi connectivity index (χ0) is 75.7. The van der Waals surface area contributed by atoms with E-state index in [1.807, 2.05) is 53.7 Å². The maximum absolute atomic E-state index is 15.7. The number of likely N-dealkylation sites (N-methyl/N-ethyl adjacent to an activating group) is 6. The lowest BCUT2D eigenvalue weighted by molar-refractivity contribution is -0.160. The maximum Gasteiger partial charge on any atom is 0.248 e. The second-order valence-electron chi connectivity index (χ2n) is 32.8. The van der Waals surface area contributed by atoms with Crippen LogP contribution in [0.1, 0.15) is 203 Å².